The molecule has 0 unspecified atom stereocenters. The van der Waals surface area contributed by atoms with Gasteiger partial charge in [0, 0.05) is 50.4 Å². The summed E-state index contributed by atoms with van der Waals surface area (Å²) in [6.45, 7) is 4.81. The van der Waals surface area contributed by atoms with E-state index in [1.807, 2.05) is 35.4 Å². The van der Waals surface area contributed by atoms with Crippen molar-refractivity contribution in [1.29, 1.82) is 0 Å². The van der Waals surface area contributed by atoms with Crippen LogP contribution < -0.4 is 4.90 Å². The third-order valence-electron chi connectivity index (χ3n) is 4.69. The molecule has 0 atom stereocenters. The van der Waals surface area contributed by atoms with Crippen molar-refractivity contribution in [2.45, 2.75) is 13.3 Å². The van der Waals surface area contributed by atoms with Crippen LogP contribution in [0, 0.1) is 6.92 Å². The second kappa shape index (κ2) is 7.84. The van der Waals surface area contributed by atoms with E-state index < -0.39 is 0 Å². The molecule has 27 heavy (non-hydrogen) atoms. The first-order chi connectivity index (χ1) is 13.2. The number of rotatable bonds is 4. The average Bonchev–Trinajstić information content (AvgIpc) is 3.17. The maximum absolute atomic E-state index is 12.8. The number of aryl methyl sites for hydroxylation is 1. The summed E-state index contributed by atoms with van der Waals surface area (Å²) in [6, 6.07) is 10.2. The Bertz CT molecular complexity index is 919. The number of piperazine rings is 1. The standard InChI is InChI=1S/C20H21N5OS/c1-15-19(22-8-7-21-15)24-9-11-25(12-10-24)20(26)17-14-27-18(23-17)13-16-5-3-2-4-6-16/h2-8,14H,9-13H2,1H3. The number of carbonyl (C=O) groups excluding carboxylic acids is 1. The number of hydrogen-bond acceptors (Lipinski definition) is 6. The molecule has 0 spiro atoms. The largest absolute Gasteiger partial charge is 0.352 e. The van der Waals surface area contributed by atoms with Crippen LogP contribution in [0.1, 0.15) is 26.8 Å². The molecular formula is C20H21N5OS. The summed E-state index contributed by atoms with van der Waals surface area (Å²) in [5, 5.41) is 2.85. The second-order valence-electron chi connectivity index (χ2n) is 6.53. The van der Waals surface area contributed by atoms with Gasteiger partial charge in [-0.05, 0) is 12.5 Å². The summed E-state index contributed by atoms with van der Waals surface area (Å²) in [5.41, 5.74) is 2.68. The van der Waals surface area contributed by atoms with Gasteiger partial charge < -0.3 is 9.80 Å². The van der Waals surface area contributed by atoms with Gasteiger partial charge in [0.25, 0.3) is 5.91 Å². The van der Waals surface area contributed by atoms with Crippen LogP contribution in [0.5, 0.6) is 0 Å². The van der Waals surface area contributed by atoms with Crippen molar-refractivity contribution in [2.75, 3.05) is 31.1 Å². The van der Waals surface area contributed by atoms with Gasteiger partial charge in [-0.15, -0.1) is 11.3 Å². The van der Waals surface area contributed by atoms with Gasteiger partial charge in [0.05, 0.1) is 10.7 Å². The SMILES string of the molecule is Cc1nccnc1N1CCN(C(=O)c2csc(Cc3ccccc3)n2)CC1. The van der Waals surface area contributed by atoms with Crippen molar-refractivity contribution in [3.05, 3.63) is 70.1 Å². The first-order valence-corrected chi connectivity index (χ1v) is 9.89. The fraction of sp³-hybridized carbons (Fsp3) is 0.300. The van der Waals surface area contributed by atoms with Gasteiger partial charge in [-0.25, -0.2) is 9.97 Å². The molecule has 3 heterocycles. The molecular weight excluding hydrogens is 358 g/mol. The maximum Gasteiger partial charge on any atom is 0.273 e. The Labute approximate surface area is 162 Å². The first-order valence-electron chi connectivity index (χ1n) is 9.01. The average molecular weight is 379 g/mol. The van der Waals surface area contributed by atoms with Crippen molar-refractivity contribution >= 4 is 23.1 Å². The van der Waals surface area contributed by atoms with Crippen LogP contribution in [0.25, 0.3) is 0 Å². The number of aromatic nitrogens is 3. The molecule has 0 radical (unpaired) electrons. The molecule has 1 aliphatic rings. The number of amides is 1. The van der Waals surface area contributed by atoms with Gasteiger partial charge in [0.15, 0.2) is 0 Å². The molecule has 1 aromatic carbocycles. The zero-order valence-electron chi connectivity index (χ0n) is 15.2. The minimum Gasteiger partial charge on any atom is -0.352 e. The molecule has 1 saturated heterocycles. The Hall–Kier alpha value is -2.80. The lowest BCUT2D eigenvalue weighted by molar-refractivity contribution is 0.0741. The lowest BCUT2D eigenvalue weighted by Crippen LogP contribution is -2.49. The van der Waals surface area contributed by atoms with Gasteiger partial charge >= 0.3 is 0 Å². The summed E-state index contributed by atoms with van der Waals surface area (Å²) in [7, 11) is 0. The summed E-state index contributed by atoms with van der Waals surface area (Å²) in [4.78, 5) is 30.2. The molecule has 0 N–H and O–H groups in total. The molecule has 7 heteroatoms. The molecule has 1 amide bonds. The van der Waals surface area contributed by atoms with Crippen LogP contribution in [0.15, 0.2) is 48.1 Å². The normalized spacial score (nSPS) is 14.4. The van der Waals surface area contributed by atoms with Crippen LogP contribution in [0.3, 0.4) is 0 Å². The van der Waals surface area contributed by atoms with E-state index >= 15 is 0 Å². The molecule has 2 aromatic heterocycles. The van der Waals surface area contributed by atoms with Crippen molar-refractivity contribution in [3.63, 3.8) is 0 Å². The monoisotopic (exact) mass is 379 g/mol. The third kappa shape index (κ3) is 3.98. The van der Waals surface area contributed by atoms with E-state index in [0.29, 0.717) is 18.8 Å². The first kappa shape index (κ1) is 17.6. The van der Waals surface area contributed by atoms with Gasteiger partial charge in [0.1, 0.15) is 11.5 Å². The molecule has 138 valence electrons. The predicted molar refractivity (Wildman–Crippen MR) is 106 cm³/mol. The zero-order valence-corrected chi connectivity index (χ0v) is 16.0. The Morgan fingerprint density at radius 1 is 1.07 bits per heavy atom. The number of carbonyl (C=O) groups is 1. The van der Waals surface area contributed by atoms with Crippen molar-refractivity contribution in [3.8, 4) is 0 Å². The third-order valence-corrected chi connectivity index (χ3v) is 5.54. The van der Waals surface area contributed by atoms with Crippen molar-refractivity contribution in [1.82, 2.24) is 19.9 Å². The summed E-state index contributed by atoms with van der Waals surface area (Å²) in [6.07, 6.45) is 4.18. The van der Waals surface area contributed by atoms with E-state index in [2.05, 4.69) is 32.0 Å². The van der Waals surface area contributed by atoms with Gasteiger partial charge in [-0.2, -0.15) is 0 Å². The molecule has 0 bridgehead atoms. The summed E-state index contributed by atoms with van der Waals surface area (Å²) >= 11 is 1.55. The van der Waals surface area contributed by atoms with Crippen molar-refractivity contribution < 1.29 is 4.79 Å². The maximum atomic E-state index is 12.8. The minimum absolute atomic E-state index is 0.0149. The lowest BCUT2D eigenvalue weighted by Gasteiger charge is -2.35. The highest BCUT2D eigenvalue weighted by Crippen LogP contribution is 2.19. The molecule has 6 nitrogen and oxygen atoms in total. The van der Waals surface area contributed by atoms with Gasteiger partial charge in [-0.3, -0.25) is 9.78 Å². The number of anilines is 1. The van der Waals surface area contributed by atoms with E-state index in [-0.39, 0.29) is 5.91 Å². The van der Waals surface area contributed by atoms with E-state index in [1.165, 1.54) is 5.56 Å². The Morgan fingerprint density at radius 3 is 2.56 bits per heavy atom. The van der Waals surface area contributed by atoms with Crippen LogP contribution >= 0.6 is 11.3 Å². The molecule has 3 aromatic rings. The highest BCUT2D eigenvalue weighted by Gasteiger charge is 2.25. The predicted octanol–water partition coefficient (Wildman–Crippen LogP) is 2.79. The number of thiazole rings is 1. The summed E-state index contributed by atoms with van der Waals surface area (Å²) in [5.74, 6) is 0.921. The quantitative estimate of drug-likeness (QED) is 0.698. The van der Waals surface area contributed by atoms with E-state index in [4.69, 9.17) is 0 Å². The topological polar surface area (TPSA) is 62.2 Å². The minimum atomic E-state index is 0.0149. The molecule has 0 saturated carbocycles. The van der Waals surface area contributed by atoms with Crippen LogP contribution in [0.4, 0.5) is 5.82 Å². The molecule has 0 aliphatic carbocycles. The summed E-state index contributed by atoms with van der Waals surface area (Å²) < 4.78 is 0. The van der Waals surface area contributed by atoms with E-state index in [9.17, 15) is 4.79 Å². The van der Waals surface area contributed by atoms with Crippen LogP contribution in [0.2, 0.25) is 0 Å². The smallest absolute Gasteiger partial charge is 0.273 e. The van der Waals surface area contributed by atoms with E-state index in [0.717, 1.165) is 36.0 Å². The highest BCUT2D eigenvalue weighted by molar-refractivity contribution is 7.09. The fourth-order valence-corrected chi connectivity index (χ4v) is 4.06. The molecule has 4 rings (SSSR count). The fourth-order valence-electron chi connectivity index (χ4n) is 3.25. The lowest BCUT2D eigenvalue weighted by atomic mass is 10.2. The Balaban J connectivity index is 1.38. The number of hydrogen-bond donors (Lipinski definition) is 0. The molecule has 1 aliphatic heterocycles. The highest BCUT2D eigenvalue weighted by atomic mass is 32.1. The van der Waals surface area contributed by atoms with Crippen LogP contribution in [-0.4, -0.2) is 51.9 Å². The zero-order chi connectivity index (χ0) is 18.6. The second-order valence-corrected chi connectivity index (χ2v) is 7.48. The van der Waals surface area contributed by atoms with E-state index in [1.54, 1.807) is 23.7 Å². The van der Waals surface area contributed by atoms with Gasteiger partial charge in [-0.1, -0.05) is 30.3 Å². The number of nitrogens with zero attached hydrogens (tertiary/aromatic N) is 5. The van der Waals surface area contributed by atoms with Crippen molar-refractivity contribution in [2.24, 2.45) is 0 Å². The Kier molecular flexibility index (Phi) is 5.11. The number of benzene rings is 1. The molecule has 1 fully saturated rings. The Morgan fingerprint density at radius 2 is 1.81 bits per heavy atom. The van der Waals surface area contributed by atoms with Gasteiger partial charge in [0.2, 0.25) is 0 Å². The van der Waals surface area contributed by atoms with Crippen LogP contribution in [-0.2, 0) is 6.42 Å².